The summed E-state index contributed by atoms with van der Waals surface area (Å²) in [6.45, 7) is 0. The van der Waals surface area contributed by atoms with E-state index in [-0.39, 0.29) is 17.0 Å². The third-order valence-electron chi connectivity index (χ3n) is 2.66. The molecule has 0 saturated heterocycles. The summed E-state index contributed by atoms with van der Waals surface area (Å²) >= 11 is 0. The molecule has 104 valence electrons. The number of pyridine rings is 1. The van der Waals surface area contributed by atoms with E-state index in [1.807, 2.05) is 0 Å². The van der Waals surface area contributed by atoms with Gasteiger partial charge in [0.1, 0.15) is 11.4 Å². The zero-order valence-electron chi connectivity index (χ0n) is 10.4. The number of hydrogen-bond donors (Lipinski definition) is 0. The maximum absolute atomic E-state index is 12.9. The van der Waals surface area contributed by atoms with Crippen LogP contribution in [0.1, 0.15) is 21.6 Å². The van der Waals surface area contributed by atoms with Gasteiger partial charge in [0, 0.05) is 11.8 Å². The number of carbonyl (C=O) groups is 1. The highest BCUT2D eigenvalue weighted by atomic mass is 19.4. The molecule has 0 atom stereocenters. The van der Waals surface area contributed by atoms with Gasteiger partial charge in [0.2, 0.25) is 5.78 Å². The van der Waals surface area contributed by atoms with Crippen molar-refractivity contribution in [3.8, 4) is 5.75 Å². The maximum Gasteiger partial charge on any atom is 0.419 e. The number of methoxy groups -OCH3 is 1. The van der Waals surface area contributed by atoms with E-state index in [9.17, 15) is 18.0 Å². The van der Waals surface area contributed by atoms with E-state index in [2.05, 4.69) is 9.72 Å². The maximum atomic E-state index is 12.9. The van der Waals surface area contributed by atoms with Crippen molar-refractivity contribution in [2.45, 2.75) is 6.18 Å². The second-order valence-corrected chi connectivity index (χ2v) is 3.96. The highest BCUT2D eigenvalue weighted by molar-refractivity contribution is 6.07. The monoisotopic (exact) mass is 281 g/mol. The lowest BCUT2D eigenvalue weighted by Crippen LogP contribution is -2.11. The lowest BCUT2D eigenvalue weighted by molar-refractivity contribution is -0.138. The van der Waals surface area contributed by atoms with Crippen molar-refractivity contribution < 1.29 is 22.7 Å². The van der Waals surface area contributed by atoms with E-state index in [0.29, 0.717) is 0 Å². The second-order valence-electron chi connectivity index (χ2n) is 3.96. The van der Waals surface area contributed by atoms with E-state index in [4.69, 9.17) is 0 Å². The molecule has 0 aliphatic heterocycles. The highest BCUT2D eigenvalue weighted by Gasteiger charge is 2.35. The third kappa shape index (κ3) is 2.79. The summed E-state index contributed by atoms with van der Waals surface area (Å²) in [5.41, 5.74) is -0.982. The van der Waals surface area contributed by atoms with Crippen molar-refractivity contribution in [2.75, 3.05) is 7.11 Å². The molecule has 3 nitrogen and oxygen atoms in total. The molecule has 0 aliphatic rings. The number of halogens is 3. The Bertz CT molecular complexity index is 624. The lowest BCUT2D eigenvalue weighted by atomic mass is 10.0. The van der Waals surface area contributed by atoms with Crippen LogP contribution in [0.5, 0.6) is 5.75 Å². The summed E-state index contributed by atoms with van der Waals surface area (Å²) < 4.78 is 43.3. The van der Waals surface area contributed by atoms with Gasteiger partial charge < -0.3 is 4.74 Å². The molecule has 0 spiro atoms. The number of benzene rings is 1. The smallest absolute Gasteiger partial charge is 0.419 e. The number of alkyl halides is 3. The molecule has 2 aromatic rings. The summed E-state index contributed by atoms with van der Waals surface area (Å²) in [6, 6.07) is 7.83. The van der Waals surface area contributed by atoms with Crippen molar-refractivity contribution in [2.24, 2.45) is 0 Å². The predicted octanol–water partition coefficient (Wildman–Crippen LogP) is 3.34. The molecule has 0 N–H and O–H groups in total. The summed E-state index contributed by atoms with van der Waals surface area (Å²) in [6.07, 6.45) is -3.19. The molecule has 20 heavy (non-hydrogen) atoms. The number of rotatable bonds is 3. The van der Waals surface area contributed by atoms with Gasteiger partial charge in [0.15, 0.2) is 0 Å². The molecule has 0 saturated carbocycles. The molecule has 1 heterocycles. The number of hydrogen-bond acceptors (Lipinski definition) is 3. The Morgan fingerprint density at radius 1 is 1.20 bits per heavy atom. The SMILES string of the molecule is COc1ccc(C(=O)c2ccccn2)cc1C(F)(F)F. The standard InChI is InChI=1S/C14H10F3NO2/c1-20-12-6-5-9(8-10(12)14(15,16)17)13(19)11-4-2-3-7-18-11/h2-8H,1H3. The first kappa shape index (κ1) is 14.0. The van der Waals surface area contributed by atoms with Crippen LogP contribution < -0.4 is 4.74 Å². The van der Waals surface area contributed by atoms with Crippen molar-refractivity contribution in [1.82, 2.24) is 4.98 Å². The first-order valence-electron chi connectivity index (χ1n) is 5.64. The number of ketones is 1. The number of ether oxygens (including phenoxy) is 1. The van der Waals surface area contributed by atoms with E-state index in [1.165, 1.54) is 18.3 Å². The molecule has 6 heteroatoms. The average molecular weight is 281 g/mol. The minimum atomic E-state index is -4.59. The normalized spacial score (nSPS) is 11.2. The van der Waals surface area contributed by atoms with Gasteiger partial charge in [-0.2, -0.15) is 13.2 Å². The van der Waals surface area contributed by atoms with Crippen LogP contribution in [-0.4, -0.2) is 17.9 Å². The first-order chi connectivity index (χ1) is 9.43. The van der Waals surface area contributed by atoms with Crippen LogP contribution in [-0.2, 0) is 6.18 Å². The molecule has 2 rings (SSSR count). The Morgan fingerprint density at radius 3 is 2.50 bits per heavy atom. The quantitative estimate of drug-likeness (QED) is 0.810. The van der Waals surface area contributed by atoms with Gasteiger partial charge >= 0.3 is 6.18 Å². The van der Waals surface area contributed by atoms with E-state index < -0.39 is 17.5 Å². The molecule has 0 radical (unpaired) electrons. The largest absolute Gasteiger partial charge is 0.496 e. The summed E-state index contributed by atoms with van der Waals surface area (Å²) in [7, 11) is 1.14. The molecule has 0 unspecified atom stereocenters. The minimum absolute atomic E-state index is 0.0863. The van der Waals surface area contributed by atoms with Crippen LogP contribution in [0.25, 0.3) is 0 Å². The third-order valence-corrected chi connectivity index (χ3v) is 2.66. The van der Waals surface area contributed by atoms with Crippen LogP contribution in [0.15, 0.2) is 42.6 Å². The molecular weight excluding hydrogens is 271 g/mol. The van der Waals surface area contributed by atoms with Gasteiger partial charge in [-0.25, -0.2) is 0 Å². The van der Waals surface area contributed by atoms with Crippen molar-refractivity contribution in [1.29, 1.82) is 0 Å². The fourth-order valence-corrected chi connectivity index (χ4v) is 1.72. The topological polar surface area (TPSA) is 39.2 Å². The summed E-state index contributed by atoms with van der Waals surface area (Å²) in [4.78, 5) is 15.9. The van der Waals surface area contributed by atoms with Crippen LogP contribution in [0, 0.1) is 0 Å². The number of carbonyl (C=O) groups excluding carboxylic acids is 1. The molecule has 1 aromatic heterocycles. The van der Waals surface area contributed by atoms with E-state index >= 15 is 0 Å². The molecular formula is C14H10F3NO2. The molecule has 1 aromatic carbocycles. The number of nitrogens with zero attached hydrogens (tertiary/aromatic N) is 1. The first-order valence-corrected chi connectivity index (χ1v) is 5.64. The Morgan fingerprint density at radius 2 is 1.95 bits per heavy atom. The summed E-state index contributed by atoms with van der Waals surface area (Å²) in [5, 5.41) is 0. The zero-order valence-corrected chi connectivity index (χ0v) is 10.4. The Kier molecular flexibility index (Phi) is 3.74. The van der Waals surface area contributed by atoms with E-state index in [0.717, 1.165) is 19.2 Å². The second kappa shape index (κ2) is 5.32. The van der Waals surface area contributed by atoms with Gasteiger partial charge in [-0.15, -0.1) is 0 Å². The van der Waals surface area contributed by atoms with Crippen LogP contribution in [0.3, 0.4) is 0 Å². The van der Waals surface area contributed by atoms with Gasteiger partial charge in [-0.05, 0) is 30.3 Å². The molecule has 0 fully saturated rings. The fraction of sp³-hybridized carbons (Fsp3) is 0.143. The van der Waals surface area contributed by atoms with Crippen LogP contribution in [0.2, 0.25) is 0 Å². The van der Waals surface area contributed by atoms with Gasteiger partial charge in [0.05, 0.1) is 12.7 Å². The van der Waals surface area contributed by atoms with Crippen LogP contribution in [0.4, 0.5) is 13.2 Å². The summed E-state index contributed by atoms with van der Waals surface area (Å²) in [5.74, 6) is -0.895. The minimum Gasteiger partial charge on any atom is -0.496 e. The Hall–Kier alpha value is -2.37. The van der Waals surface area contributed by atoms with Gasteiger partial charge in [-0.3, -0.25) is 9.78 Å². The highest BCUT2D eigenvalue weighted by Crippen LogP contribution is 2.36. The molecule has 0 aliphatic carbocycles. The zero-order chi connectivity index (χ0) is 14.8. The Balaban J connectivity index is 2.47. The van der Waals surface area contributed by atoms with Gasteiger partial charge in [-0.1, -0.05) is 6.07 Å². The van der Waals surface area contributed by atoms with Crippen molar-refractivity contribution >= 4 is 5.78 Å². The predicted molar refractivity (Wildman–Crippen MR) is 65.7 cm³/mol. The van der Waals surface area contributed by atoms with Crippen LogP contribution >= 0.6 is 0 Å². The van der Waals surface area contributed by atoms with Crippen molar-refractivity contribution in [3.63, 3.8) is 0 Å². The Labute approximate surface area is 113 Å². The average Bonchev–Trinajstić information content (AvgIpc) is 2.46. The van der Waals surface area contributed by atoms with Gasteiger partial charge in [0.25, 0.3) is 0 Å². The molecule has 0 bridgehead atoms. The van der Waals surface area contributed by atoms with Crippen molar-refractivity contribution in [3.05, 3.63) is 59.4 Å². The fourth-order valence-electron chi connectivity index (χ4n) is 1.72. The number of aromatic nitrogens is 1. The lowest BCUT2D eigenvalue weighted by Gasteiger charge is -2.12. The van der Waals surface area contributed by atoms with E-state index in [1.54, 1.807) is 12.1 Å². The molecule has 0 amide bonds.